The second-order valence-corrected chi connectivity index (χ2v) is 6.08. The molecule has 1 aliphatic rings. The Labute approximate surface area is 115 Å². The first kappa shape index (κ1) is 16.0. The molecule has 1 rings (SSSR count). The van der Waals surface area contributed by atoms with Crippen LogP contribution in [-0.2, 0) is 0 Å². The molecular weight excluding hydrogens is 218 g/mol. The summed E-state index contributed by atoms with van der Waals surface area (Å²) >= 11 is 0. The van der Waals surface area contributed by atoms with Crippen LogP contribution in [0, 0.1) is 5.92 Å². The van der Waals surface area contributed by atoms with Gasteiger partial charge in [0.2, 0.25) is 0 Å². The smallest absolute Gasteiger partial charge is 0.0133 e. The van der Waals surface area contributed by atoms with E-state index in [2.05, 4.69) is 12.2 Å². The van der Waals surface area contributed by atoms with Crippen LogP contribution in [0.2, 0.25) is 0 Å². The normalized spacial score (nSPS) is 17.2. The van der Waals surface area contributed by atoms with Crippen LogP contribution in [0.5, 0.6) is 0 Å². The molecule has 0 bridgehead atoms. The topological polar surface area (TPSA) is 14.1 Å². The molecule has 0 aromatic carbocycles. The predicted octanol–water partition coefficient (Wildman–Crippen LogP) is 5.31. The Hall–Kier alpha value is -0.0400. The van der Waals surface area contributed by atoms with Crippen LogP contribution in [0.1, 0.15) is 90.4 Å². The molecule has 0 N–H and O–H groups in total. The van der Waals surface area contributed by atoms with Crippen LogP contribution in [0.3, 0.4) is 0 Å². The number of unbranched alkanes of at least 4 members (excludes halogenated alkanes) is 5. The van der Waals surface area contributed by atoms with Crippen LogP contribution >= 0.6 is 0 Å². The molecule has 0 aromatic heterocycles. The van der Waals surface area contributed by atoms with E-state index in [1.165, 1.54) is 83.5 Å². The maximum atomic E-state index is 4.67. The van der Waals surface area contributed by atoms with E-state index < -0.39 is 0 Å². The monoisotopic (exact) mass is 252 g/mol. The van der Waals surface area contributed by atoms with Gasteiger partial charge in [-0.3, -0.25) is 0 Å². The minimum absolute atomic E-state index is 1.04. The lowest BCUT2D eigenvalue weighted by Crippen LogP contribution is -2.12. The molecule has 107 valence electrons. The number of nitrogens with zero attached hydrogens (tertiary/aromatic N) is 1. The highest BCUT2D eigenvalue weighted by atomic mass is 14.8. The zero-order chi connectivity index (χ0) is 12.9. The Bertz CT molecular complexity index is 161. The number of hydrogen-bond acceptors (Lipinski definition) is 0. The molecule has 18 heavy (non-hydrogen) atoms. The summed E-state index contributed by atoms with van der Waals surface area (Å²) in [5.41, 5.74) is 0. The maximum Gasteiger partial charge on any atom is 0.0133 e. The summed E-state index contributed by atoms with van der Waals surface area (Å²) in [6.45, 7) is 4.53. The Morgan fingerprint density at radius 2 is 1.44 bits per heavy atom. The van der Waals surface area contributed by atoms with Crippen molar-refractivity contribution in [1.29, 1.82) is 0 Å². The fraction of sp³-hybridized carbons (Fsp3) is 1.00. The first-order valence-corrected chi connectivity index (χ1v) is 8.56. The summed E-state index contributed by atoms with van der Waals surface area (Å²) < 4.78 is 0. The summed E-state index contributed by atoms with van der Waals surface area (Å²) in [5, 5.41) is 4.67. The van der Waals surface area contributed by atoms with Gasteiger partial charge in [-0.25, -0.2) is 5.32 Å². The van der Waals surface area contributed by atoms with Crippen LogP contribution in [-0.4, -0.2) is 13.1 Å². The lowest BCUT2D eigenvalue weighted by Gasteiger charge is -2.21. The zero-order valence-corrected chi connectivity index (χ0v) is 12.6. The summed E-state index contributed by atoms with van der Waals surface area (Å²) in [6, 6.07) is 0. The van der Waals surface area contributed by atoms with Crippen molar-refractivity contribution in [2.24, 2.45) is 5.92 Å². The van der Waals surface area contributed by atoms with Gasteiger partial charge in [0.25, 0.3) is 0 Å². The zero-order valence-electron chi connectivity index (χ0n) is 12.6. The standard InChI is InChI=1S/C17H34N/c1-2-3-4-5-6-10-15-18-16-11-14-17-12-8-7-9-13-17/h17H,2-16H2,1H3. The van der Waals surface area contributed by atoms with E-state index >= 15 is 0 Å². The predicted molar refractivity (Wildman–Crippen MR) is 81.1 cm³/mol. The van der Waals surface area contributed by atoms with Gasteiger partial charge in [0.15, 0.2) is 0 Å². The lowest BCUT2D eigenvalue weighted by molar-refractivity contribution is 0.330. The highest BCUT2D eigenvalue weighted by Gasteiger charge is 2.12. The molecule has 0 spiro atoms. The first-order valence-electron chi connectivity index (χ1n) is 8.56. The Kier molecular flexibility index (Phi) is 10.7. The molecule has 1 heteroatoms. The van der Waals surface area contributed by atoms with Crippen molar-refractivity contribution in [3.63, 3.8) is 0 Å². The summed E-state index contributed by atoms with van der Waals surface area (Å²) in [4.78, 5) is 0. The molecule has 1 saturated carbocycles. The summed E-state index contributed by atoms with van der Waals surface area (Å²) in [5.74, 6) is 1.04. The van der Waals surface area contributed by atoms with E-state index in [0.29, 0.717) is 0 Å². The van der Waals surface area contributed by atoms with Gasteiger partial charge in [-0.2, -0.15) is 0 Å². The van der Waals surface area contributed by atoms with Crippen molar-refractivity contribution in [1.82, 2.24) is 5.32 Å². The van der Waals surface area contributed by atoms with Crippen LogP contribution in [0.15, 0.2) is 0 Å². The van der Waals surface area contributed by atoms with E-state index in [4.69, 9.17) is 0 Å². The molecule has 0 saturated heterocycles. The molecule has 1 aliphatic carbocycles. The first-order chi connectivity index (χ1) is 8.93. The van der Waals surface area contributed by atoms with Gasteiger partial charge in [0.05, 0.1) is 0 Å². The van der Waals surface area contributed by atoms with Crippen molar-refractivity contribution in [3.8, 4) is 0 Å². The Morgan fingerprint density at radius 3 is 2.22 bits per heavy atom. The minimum Gasteiger partial charge on any atom is -0.242 e. The van der Waals surface area contributed by atoms with Crippen LogP contribution in [0.25, 0.3) is 0 Å². The van der Waals surface area contributed by atoms with E-state index in [0.717, 1.165) is 19.0 Å². The molecule has 0 aliphatic heterocycles. The van der Waals surface area contributed by atoms with Gasteiger partial charge in [0.1, 0.15) is 0 Å². The Morgan fingerprint density at radius 1 is 0.778 bits per heavy atom. The molecule has 1 nitrogen and oxygen atoms in total. The molecule has 0 amide bonds. The van der Waals surface area contributed by atoms with E-state index in [9.17, 15) is 0 Å². The molecular formula is C17H34N. The molecule has 0 heterocycles. The lowest BCUT2D eigenvalue weighted by atomic mass is 9.86. The van der Waals surface area contributed by atoms with Crippen molar-refractivity contribution in [2.75, 3.05) is 13.1 Å². The van der Waals surface area contributed by atoms with Crippen molar-refractivity contribution < 1.29 is 0 Å². The third kappa shape index (κ3) is 8.97. The fourth-order valence-electron chi connectivity index (χ4n) is 3.08. The SMILES string of the molecule is CCCCCCCC[N]CCCC1CCCCC1. The maximum absolute atomic E-state index is 4.67. The number of rotatable bonds is 11. The van der Waals surface area contributed by atoms with E-state index in [1.807, 2.05) is 0 Å². The largest absolute Gasteiger partial charge is 0.242 e. The quantitative estimate of drug-likeness (QED) is 0.442. The molecule has 0 atom stereocenters. The molecule has 0 aromatic rings. The molecule has 1 fully saturated rings. The third-order valence-corrected chi connectivity index (χ3v) is 4.32. The average Bonchev–Trinajstić information content (AvgIpc) is 2.42. The fourth-order valence-corrected chi connectivity index (χ4v) is 3.08. The second-order valence-electron chi connectivity index (χ2n) is 6.08. The molecule has 0 unspecified atom stereocenters. The molecule has 1 radical (unpaired) electrons. The number of hydrogen-bond donors (Lipinski definition) is 0. The van der Waals surface area contributed by atoms with Crippen molar-refractivity contribution in [2.45, 2.75) is 90.4 Å². The average molecular weight is 252 g/mol. The van der Waals surface area contributed by atoms with Gasteiger partial charge in [-0.05, 0) is 25.2 Å². The highest BCUT2D eigenvalue weighted by Crippen LogP contribution is 2.26. The van der Waals surface area contributed by atoms with Crippen molar-refractivity contribution in [3.05, 3.63) is 0 Å². The van der Waals surface area contributed by atoms with E-state index in [-0.39, 0.29) is 0 Å². The third-order valence-electron chi connectivity index (χ3n) is 4.32. The highest BCUT2D eigenvalue weighted by molar-refractivity contribution is 4.66. The minimum atomic E-state index is 1.04. The van der Waals surface area contributed by atoms with Gasteiger partial charge in [-0.1, -0.05) is 71.1 Å². The van der Waals surface area contributed by atoms with Crippen LogP contribution in [0.4, 0.5) is 0 Å². The van der Waals surface area contributed by atoms with Crippen LogP contribution < -0.4 is 5.32 Å². The summed E-state index contributed by atoms with van der Waals surface area (Å²) in [7, 11) is 0. The van der Waals surface area contributed by atoms with Gasteiger partial charge < -0.3 is 0 Å². The van der Waals surface area contributed by atoms with Crippen molar-refractivity contribution >= 4 is 0 Å². The van der Waals surface area contributed by atoms with E-state index in [1.54, 1.807) is 0 Å². The summed E-state index contributed by atoms with van der Waals surface area (Å²) in [6.07, 6.45) is 18.6. The van der Waals surface area contributed by atoms with Gasteiger partial charge in [0, 0.05) is 13.1 Å². The Balaban J connectivity index is 1.73. The second kappa shape index (κ2) is 12.0. The van der Waals surface area contributed by atoms with Gasteiger partial charge >= 0.3 is 0 Å². The van der Waals surface area contributed by atoms with Gasteiger partial charge in [-0.15, -0.1) is 0 Å².